The number of alkyl halides is 3. The van der Waals surface area contributed by atoms with Gasteiger partial charge < -0.3 is 14.0 Å². The molecule has 55 heavy (non-hydrogen) atoms. The van der Waals surface area contributed by atoms with Crippen molar-refractivity contribution in [3.63, 3.8) is 0 Å². The Bertz CT molecular complexity index is 1810. The molecule has 0 fully saturated rings. The largest absolute Gasteiger partial charge is 0.726 e. The molecule has 0 atom stereocenters. The Labute approximate surface area is 347 Å². The average Bonchev–Trinajstić information content (AvgIpc) is 3.43. The van der Waals surface area contributed by atoms with Gasteiger partial charge in [0.2, 0.25) is 10.4 Å². The van der Waals surface area contributed by atoms with Gasteiger partial charge in [-0.25, -0.2) is 22.5 Å². The van der Waals surface area contributed by atoms with Crippen LogP contribution in [0.2, 0.25) is 20.1 Å². The number of fused-ring (bicyclic) bond motifs is 1. The fraction of sp³-hybridized carbons (Fsp3) is 0.459. The number of aliphatic imine (C=N–C) groups is 1. The smallest absolute Gasteiger partial charge is 0.495 e. The molecule has 3 aromatic carbocycles. The van der Waals surface area contributed by atoms with E-state index in [0.29, 0.717) is 6.61 Å². The Kier molecular flexibility index (Phi) is 25.2. The van der Waals surface area contributed by atoms with Gasteiger partial charge in [0, 0.05) is 19.8 Å². The number of aromatic nitrogens is 2. The van der Waals surface area contributed by atoms with E-state index in [1.807, 2.05) is 24.3 Å². The zero-order chi connectivity index (χ0) is 41.4. The van der Waals surface area contributed by atoms with Crippen molar-refractivity contribution in [2.24, 2.45) is 19.1 Å². The van der Waals surface area contributed by atoms with E-state index in [0.717, 1.165) is 61.9 Å². The van der Waals surface area contributed by atoms with E-state index in [1.165, 1.54) is 50.9 Å². The lowest BCUT2D eigenvalue weighted by atomic mass is 10.2. The van der Waals surface area contributed by atoms with Crippen LogP contribution in [0.3, 0.4) is 0 Å². The summed E-state index contributed by atoms with van der Waals surface area (Å²) in [6.45, 7) is 6.20. The van der Waals surface area contributed by atoms with Gasteiger partial charge in [-0.3, -0.25) is 4.18 Å². The molecule has 0 radical (unpaired) electrons. The monoisotopic (exact) mass is 889 g/mol. The number of aryl methyl sites for hydroxylation is 2. The van der Waals surface area contributed by atoms with E-state index in [9.17, 15) is 26.1 Å². The maximum atomic E-state index is 13.0. The molecular weight excluding hydrogens is 845 g/mol. The predicted octanol–water partition coefficient (Wildman–Crippen LogP) is 11.0. The van der Waals surface area contributed by atoms with Crippen LogP contribution in [0.1, 0.15) is 68.8 Å². The van der Waals surface area contributed by atoms with Crippen LogP contribution in [-0.2, 0) is 57.5 Å². The topological polar surface area (TPSA) is 106 Å². The lowest BCUT2D eigenvalue weighted by Gasteiger charge is -2.03. The zero-order valence-electron chi connectivity index (χ0n) is 31.0. The van der Waals surface area contributed by atoms with Crippen LogP contribution < -0.4 is 4.57 Å². The van der Waals surface area contributed by atoms with Gasteiger partial charge in [-0.15, -0.1) is 0 Å². The molecule has 0 spiro atoms. The van der Waals surface area contributed by atoms with E-state index < -0.39 is 22.4 Å². The lowest BCUT2D eigenvalue weighted by molar-refractivity contribution is -0.667. The molecule has 1 heterocycles. The van der Waals surface area contributed by atoms with Crippen molar-refractivity contribution in [1.29, 1.82) is 0 Å². The maximum absolute atomic E-state index is 13.0. The van der Waals surface area contributed by atoms with Gasteiger partial charge in [0.05, 0.1) is 49.6 Å². The first-order valence-electron chi connectivity index (χ1n) is 17.1. The number of ether oxygens (including phenoxy) is 2. The molecule has 0 aliphatic heterocycles. The summed E-state index contributed by atoms with van der Waals surface area (Å²) in [5.74, 6) is -0.912. The summed E-state index contributed by atoms with van der Waals surface area (Å²) < 4.78 is 83.0. The number of thiocarbonyl (C=S) groups is 1. The van der Waals surface area contributed by atoms with Crippen LogP contribution in [0.5, 0.6) is 0 Å². The summed E-state index contributed by atoms with van der Waals surface area (Å²) in [6.07, 6.45) is 3.83. The number of hydrogen-bond donors (Lipinski definition) is 0. The van der Waals surface area contributed by atoms with Gasteiger partial charge in [0.25, 0.3) is 0 Å². The van der Waals surface area contributed by atoms with Crippen LogP contribution >= 0.6 is 58.6 Å². The first-order chi connectivity index (χ1) is 26.0. The maximum Gasteiger partial charge on any atom is 0.495 e. The SMILES string of the molecule is CCCCCCOCc1ccccc1.COS(=O)(=O)[O-].Cn1c(C(F)(F)F)[n+](C)c2c(Cl)c(Cl)c(Cl)c(Cl)c21.S=C=NCCCCCOCc1ccccc1. The second-order valence-electron chi connectivity index (χ2n) is 11.6. The highest BCUT2D eigenvalue weighted by Gasteiger charge is 2.46. The molecular formula is C37H46Cl4F3N3O6S2. The highest BCUT2D eigenvalue weighted by Crippen LogP contribution is 2.43. The van der Waals surface area contributed by atoms with Gasteiger partial charge in [0.15, 0.2) is 11.0 Å². The van der Waals surface area contributed by atoms with Crippen molar-refractivity contribution in [1.82, 2.24) is 4.57 Å². The second kappa shape index (κ2) is 27.3. The van der Waals surface area contributed by atoms with Crippen molar-refractivity contribution in [3.05, 3.63) is 97.7 Å². The summed E-state index contributed by atoms with van der Waals surface area (Å²) in [7, 11) is -1.14. The third-order valence-corrected chi connectivity index (χ3v) is 9.79. The second-order valence-corrected chi connectivity index (χ2v) is 14.5. The number of benzene rings is 3. The number of halogens is 7. The molecule has 0 N–H and O–H groups in total. The van der Waals surface area contributed by atoms with Gasteiger partial charge in [0.1, 0.15) is 10.0 Å². The first-order valence-corrected chi connectivity index (χ1v) is 20.3. The molecule has 1 aromatic heterocycles. The number of unbranched alkanes of at least 4 members (excludes halogenated alkanes) is 5. The number of imidazole rings is 1. The molecule has 0 bridgehead atoms. The van der Waals surface area contributed by atoms with E-state index in [1.54, 1.807) is 0 Å². The Morgan fingerprint density at radius 3 is 1.69 bits per heavy atom. The average molecular weight is 892 g/mol. The third-order valence-electron chi connectivity index (χ3n) is 7.47. The van der Waals surface area contributed by atoms with Crippen molar-refractivity contribution in [2.75, 3.05) is 26.9 Å². The fourth-order valence-electron chi connectivity index (χ4n) is 4.81. The molecule has 0 saturated carbocycles. The van der Waals surface area contributed by atoms with E-state index in [2.05, 4.69) is 69.9 Å². The summed E-state index contributed by atoms with van der Waals surface area (Å²) in [5, 5.41) is 2.08. The Balaban J connectivity index is 0.000000388. The van der Waals surface area contributed by atoms with E-state index in [-0.39, 0.29) is 31.1 Å². The van der Waals surface area contributed by atoms with Crippen molar-refractivity contribution >= 4 is 85.2 Å². The predicted molar refractivity (Wildman–Crippen MR) is 216 cm³/mol. The van der Waals surface area contributed by atoms with E-state index >= 15 is 0 Å². The minimum Gasteiger partial charge on any atom is -0.726 e. The van der Waals surface area contributed by atoms with Crippen LogP contribution in [0.15, 0.2) is 65.7 Å². The minimum absolute atomic E-state index is 0.0698. The van der Waals surface area contributed by atoms with Crippen LogP contribution in [0.4, 0.5) is 13.2 Å². The van der Waals surface area contributed by atoms with Crippen LogP contribution in [0, 0.1) is 0 Å². The molecule has 306 valence electrons. The Morgan fingerprint density at radius 1 is 0.818 bits per heavy atom. The Hall–Kier alpha value is -2.33. The molecule has 4 rings (SSSR count). The summed E-state index contributed by atoms with van der Waals surface area (Å²) in [6, 6.07) is 20.6. The highest BCUT2D eigenvalue weighted by atomic mass is 35.5. The molecule has 0 unspecified atom stereocenters. The van der Waals surface area contributed by atoms with Crippen molar-refractivity contribution in [3.8, 4) is 0 Å². The normalized spacial score (nSPS) is 11.1. The van der Waals surface area contributed by atoms with Crippen molar-refractivity contribution < 1.29 is 44.4 Å². The quantitative estimate of drug-likeness (QED) is 0.0161. The van der Waals surface area contributed by atoms with Gasteiger partial charge >= 0.3 is 12.0 Å². The highest BCUT2D eigenvalue weighted by molar-refractivity contribution is 7.80. The van der Waals surface area contributed by atoms with Gasteiger partial charge in [-0.1, -0.05) is 133 Å². The molecule has 0 saturated heterocycles. The number of hydrogen-bond acceptors (Lipinski definition) is 8. The zero-order valence-corrected chi connectivity index (χ0v) is 35.7. The number of nitrogens with zero attached hydrogens (tertiary/aromatic N) is 3. The summed E-state index contributed by atoms with van der Waals surface area (Å²) >= 11 is 28.1. The summed E-state index contributed by atoms with van der Waals surface area (Å²) in [4.78, 5) is 3.86. The molecule has 4 aromatic rings. The third kappa shape index (κ3) is 19.6. The van der Waals surface area contributed by atoms with Crippen LogP contribution in [-0.4, -0.2) is 49.6 Å². The Morgan fingerprint density at radius 2 is 1.27 bits per heavy atom. The number of rotatable bonds is 16. The van der Waals surface area contributed by atoms with E-state index in [4.69, 9.17) is 55.9 Å². The number of isothiocyanates is 1. The molecule has 0 aliphatic rings. The first kappa shape index (κ1) is 50.7. The molecule has 0 amide bonds. The van der Waals surface area contributed by atoms with Gasteiger partial charge in [-0.2, -0.15) is 13.2 Å². The molecule has 0 aliphatic carbocycles. The van der Waals surface area contributed by atoms with Gasteiger partial charge in [-0.05, 0) is 49.0 Å². The molecule has 9 nitrogen and oxygen atoms in total. The summed E-state index contributed by atoms with van der Waals surface area (Å²) in [5.41, 5.74) is 2.66. The van der Waals surface area contributed by atoms with Crippen molar-refractivity contribution in [2.45, 2.75) is 71.3 Å². The van der Waals surface area contributed by atoms with Crippen LogP contribution in [0.25, 0.3) is 11.0 Å². The lowest BCUT2D eigenvalue weighted by Crippen LogP contribution is -2.38. The molecule has 18 heteroatoms. The minimum atomic E-state index is -4.56. The fourth-order valence-corrected chi connectivity index (χ4v) is 5.99. The standard InChI is InChI=1S/C13H17NOS.C13H20O.C10H6Cl4F3N2.CH4O4S/c16-12-14-9-5-2-6-10-15-11-13-7-3-1-4-8-13;1-2-3-4-8-11-14-12-13-9-6-5-7-10-13;1-18-7-5(13)3(11)4(12)6(14)8(7)19(2)9(18)10(15,16)17;1-5-6(2,3)4/h1,3-4,7-8H,2,5-6,9-11H2;5-7,9-10H,2-4,8,11-12H2,1H3;1-2H3;1H3,(H,2,3,4)/q;;+1;/p-1.